The molecule has 2 aromatic rings. The van der Waals surface area contributed by atoms with Gasteiger partial charge in [-0.2, -0.15) is 0 Å². The van der Waals surface area contributed by atoms with E-state index < -0.39 is 10.0 Å². The van der Waals surface area contributed by atoms with E-state index in [9.17, 15) is 13.2 Å². The molecule has 0 aliphatic rings. The zero-order valence-corrected chi connectivity index (χ0v) is 15.8. The summed E-state index contributed by atoms with van der Waals surface area (Å²) in [5.41, 5.74) is 1.97. The van der Waals surface area contributed by atoms with Gasteiger partial charge in [0.15, 0.2) is 6.61 Å². The van der Waals surface area contributed by atoms with Gasteiger partial charge in [-0.05, 0) is 41.7 Å². The minimum atomic E-state index is -3.68. The van der Waals surface area contributed by atoms with Crippen molar-refractivity contribution in [1.82, 2.24) is 5.32 Å². The number of rotatable bonds is 8. The Morgan fingerprint density at radius 1 is 1.12 bits per heavy atom. The van der Waals surface area contributed by atoms with Gasteiger partial charge < -0.3 is 10.1 Å². The number of ether oxygens (including phenoxy) is 1. The maximum Gasteiger partial charge on any atom is 0.257 e. The van der Waals surface area contributed by atoms with Crippen molar-refractivity contribution in [3.63, 3.8) is 0 Å². The molecular formula is C19H24N2O4S. The van der Waals surface area contributed by atoms with Gasteiger partial charge in [-0.15, -0.1) is 0 Å². The number of hydrogen-bond acceptors (Lipinski definition) is 4. The van der Waals surface area contributed by atoms with Crippen molar-refractivity contribution >= 4 is 15.9 Å². The van der Waals surface area contributed by atoms with E-state index in [1.165, 1.54) is 12.1 Å². The number of amides is 1. The fourth-order valence-electron chi connectivity index (χ4n) is 2.48. The van der Waals surface area contributed by atoms with E-state index >= 15 is 0 Å². The summed E-state index contributed by atoms with van der Waals surface area (Å²) in [6.45, 7) is 4.53. The van der Waals surface area contributed by atoms with Crippen LogP contribution in [0.2, 0.25) is 0 Å². The number of carbonyl (C=O) groups is 1. The van der Waals surface area contributed by atoms with Crippen LogP contribution < -0.4 is 15.2 Å². The quantitative estimate of drug-likeness (QED) is 0.738. The van der Waals surface area contributed by atoms with Crippen molar-refractivity contribution in [3.05, 3.63) is 59.7 Å². The number of sulfonamides is 1. The van der Waals surface area contributed by atoms with Crippen LogP contribution >= 0.6 is 0 Å². The van der Waals surface area contributed by atoms with Crippen molar-refractivity contribution in [3.8, 4) is 5.75 Å². The number of primary sulfonamides is 1. The molecule has 0 saturated carbocycles. The first-order valence-corrected chi connectivity index (χ1v) is 9.92. The average molecular weight is 376 g/mol. The van der Waals surface area contributed by atoms with Crippen LogP contribution in [0, 0.1) is 0 Å². The number of hydrogen-bond donors (Lipinski definition) is 2. The number of para-hydroxylation sites is 1. The van der Waals surface area contributed by atoms with E-state index in [-0.39, 0.29) is 17.4 Å². The second kappa shape index (κ2) is 8.82. The van der Waals surface area contributed by atoms with Gasteiger partial charge in [-0.25, -0.2) is 13.6 Å². The molecule has 140 valence electrons. The lowest BCUT2D eigenvalue weighted by molar-refractivity contribution is -0.123. The second-order valence-electron chi connectivity index (χ2n) is 6.27. The molecule has 0 spiro atoms. The molecule has 1 amide bonds. The lowest BCUT2D eigenvalue weighted by atomic mass is 10.0. The summed E-state index contributed by atoms with van der Waals surface area (Å²) >= 11 is 0. The number of nitrogens with two attached hydrogens (primary N) is 1. The predicted molar refractivity (Wildman–Crippen MR) is 101 cm³/mol. The summed E-state index contributed by atoms with van der Waals surface area (Å²) in [5.74, 6) is 0.829. The maximum atomic E-state index is 11.9. The van der Waals surface area contributed by atoms with Gasteiger partial charge in [0.05, 0.1) is 4.90 Å². The third-order valence-corrected chi connectivity index (χ3v) is 4.82. The molecular weight excluding hydrogens is 352 g/mol. The molecule has 0 aromatic heterocycles. The van der Waals surface area contributed by atoms with Crippen LogP contribution in [0.4, 0.5) is 0 Å². The third kappa shape index (κ3) is 5.86. The monoisotopic (exact) mass is 376 g/mol. The first-order chi connectivity index (χ1) is 12.3. The van der Waals surface area contributed by atoms with Crippen LogP contribution in [0.5, 0.6) is 5.75 Å². The van der Waals surface area contributed by atoms with Crippen molar-refractivity contribution in [2.45, 2.75) is 31.1 Å². The molecule has 6 nitrogen and oxygen atoms in total. The SMILES string of the molecule is CC(C)c1ccccc1OCC(=O)NCCc1ccc(S(N)(=O)=O)cc1. The van der Waals surface area contributed by atoms with Crippen molar-refractivity contribution in [2.24, 2.45) is 5.14 Å². The first kappa shape index (κ1) is 19.9. The summed E-state index contributed by atoms with van der Waals surface area (Å²) in [6, 6.07) is 14.0. The molecule has 0 heterocycles. The van der Waals surface area contributed by atoms with E-state index in [0.717, 1.165) is 16.9 Å². The molecule has 2 aromatic carbocycles. The highest BCUT2D eigenvalue weighted by Crippen LogP contribution is 2.25. The predicted octanol–water partition coefficient (Wildman–Crippen LogP) is 2.20. The zero-order valence-electron chi connectivity index (χ0n) is 14.9. The summed E-state index contributed by atoms with van der Waals surface area (Å²) < 4.78 is 28.0. The standard InChI is InChI=1S/C19H24N2O4S/c1-14(2)17-5-3-4-6-18(17)25-13-19(22)21-12-11-15-7-9-16(10-8-15)26(20,23)24/h3-10,14H,11-13H2,1-2H3,(H,21,22)(H2,20,23,24). The maximum absolute atomic E-state index is 11.9. The van der Waals surface area contributed by atoms with E-state index in [1.807, 2.05) is 24.3 Å². The van der Waals surface area contributed by atoms with Crippen LogP contribution in [0.3, 0.4) is 0 Å². The van der Waals surface area contributed by atoms with Crippen LogP contribution in [-0.4, -0.2) is 27.5 Å². The number of nitrogens with one attached hydrogen (secondary N) is 1. The van der Waals surface area contributed by atoms with Crippen LogP contribution in [-0.2, 0) is 21.2 Å². The highest BCUT2D eigenvalue weighted by molar-refractivity contribution is 7.89. The Morgan fingerprint density at radius 2 is 1.77 bits per heavy atom. The normalized spacial score (nSPS) is 11.4. The fourth-order valence-corrected chi connectivity index (χ4v) is 2.99. The topological polar surface area (TPSA) is 98.5 Å². The van der Waals surface area contributed by atoms with Crippen molar-refractivity contribution in [2.75, 3.05) is 13.2 Å². The lowest BCUT2D eigenvalue weighted by Gasteiger charge is -2.13. The van der Waals surface area contributed by atoms with Crippen molar-refractivity contribution in [1.29, 1.82) is 0 Å². The Kier molecular flexibility index (Phi) is 6.76. The smallest absolute Gasteiger partial charge is 0.257 e. The summed E-state index contributed by atoms with van der Waals surface area (Å²) in [5, 5.41) is 7.85. The van der Waals surface area contributed by atoms with Gasteiger partial charge in [0.2, 0.25) is 10.0 Å². The molecule has 0 atom stereocenters. The second-order valence-corrected chi connectivity index (χ2v) is 7.83. The molecule has 0 saturated heterocycles. The molecule has 0 radical (unpaired) electrons. The van der Waals surface area contributed by atoms with Gasteiger partial charge in [0.1, 0.15) is 5.75 Å². The van der Waals surface area contributed by atoms with E-state index in [0.29, 0.717) is 18.9 Å². The van der Waals surface area contributed by atoms with Gasteiger partial charge in [-0.1, -0.05) is 44.2 Å². The van der Waals surface area contributed by atoms with Gasteiger partial charge >= 0.3 is 0 Å². The van der Waals surface area contributed by atoms with E-state index in [4.69, 9.17) is 9.88 Å². The summed E-state index contributed by atoms with van der Waals surface area (Å²) in [7, 11) is -3.68. The molecule has 0 unspecified atom stereocenters. The van der Waals surface area contributed by atoms with Crippen LogP contribution in [0.15, 0.2) is 53.4 Å². The third-order valence-electron chi connectivity index (χ3n) is 3.89. The Labute approximate surface area is 154 Å². The summed E-state index contributed by atoms with van der Waals surface area (Å²) in [6.07, 6.45) is 0.583. The van der Waals surface area contributed by atoms with Crippen LogP contribution in [0.25, 0.3) is 0 Å². The molecule has 0 bridgehead atoms. The fraction of sp³-hybridized carbons (Fsp3) is 0.316. The molecule has 0 fully saturated rings. The highest BCUT2D eigenvalue weighted by Gasteiger charge is 2.09. The highest BCUT2D eigenvalue weighted by atomic mass is 32.2. The Morgan fingerprint density at radius 3 is 2.38 bits per heavy atom. The van der Waals surface area contributed by atoms with E-state index in [2.05, 4.69) is 19.2 Å². The largest absolute Gasteiger partial charge is 0.483 e. The van der Waals surface area contributed by atoms with Gasteiger partial charge in [0.25, 0.3) is 5.91 Å². The van der Waals surface area contributed by atoms with Crippen molar-refractivity contribution < 1.29 is 17.9 Å². The Balaban J connectivity index is 1.79. The Hall–Kier alpha value is -2.38. The Bertz CT molecular complexity index is 846. The first-order valence-electron chi connectivity index (χ1n) is 8.37. The molecule has 0 aliphatic heterocycles. The minimum absolute atomic E-state index is 0.0475. The molecule has 7 heteroatoms. The average Bonchev–Trinajstić information content (AvgIpc) is 2.60. The molecule has 26 heavy (non-hydrogen) atoms. The van der Waals surface area contributed by atoms with Gasteiger partial charge in [-0.3, -0.25) is 4.79 Å². The molecule has 2 rings (SSSR count). The van der Waals surface area contributed by atoms with Gasteiger partial charge in [0, 0.05) is 6.54 Å². The minimum Gasteiger partial charge on any atom is -0.483 e. The number of carbonyl (C=O) groups excluding carboxylic acids is 1. The van der Waals surface area contributed by atoms with E-state index in [1.54, 1.807) is 12.1 Å². The molecule has 3 N–H and O–H groups in total. The summed E-state index contributed by atoms with van der Waals surface area (Å²) in [4.78, 5) is 12.0. The lowest BCUT2D eigenvalue weighted by Crippen LogP contribution is -2.30. The zero-order chi connectivity index (χ0) is 19.2. The number of benzene rings is 2. The van der Waals surface area contributed by atoms with Crippen LogP contribution in [0.1, 0.15) is 30.9 Å². The molecule has 0 aliphatic carbocycles.